The average Bonchev–Trinajstić information content (AvgIpc) is 3.90. The van der Waals surface area contributed by atoms with Crippen LogP contribution in [0.4, 0.5) is 37.7 Å². The Hall–Kier alpha value is -6.50. The minimum atomic E-state index is -4.42. The second-order valence-electron chi connectivity index (χ2n) is 15.9. The van der Waals surface area contributed by atoms with Crippen molar-refractivity contribution >= 4 is 23.2 Å². The lowest BCUT2D eigenvalue weighted by Gasteiger charge is -2.18. The summed E-state index contributed by atoms with van der Waals surface area (Å²) in [6.45, 7) is 6.86. The van der Waals surface area contributed by atoms with Crippen LogP contribution in [0.2, 0.25) is 0 Å². The van der Waals surface area contributed by atoms with Crippen LogP contribution in [0.5, 0.6) is 23.0 Å². The van der Waals surface area contributed by atoms with Crippen molar-refractivity contribution in [2.24, 2.45) is 0 Å². The van der Waals surface area contributed by atoms with E-state index in [4.69, 9.17) is 18.9 Å². The summed E-state index contributed by atoms with van der Waals surface area (Å²) >= 11 is 0. The third-order valence-electron chi connectivity index (χ3n) is 10.5. The molecule has 2 atom stereocenters. The lowest BCUT2D eigenvalue weighted by atomic mass is 9.99. The minimum Gasteiger partial charge on any atom is -0.488 e. The molecule has 0 saturated heterocycles. The fourth-order valence-corrected chi connectivity index (χ4v) is 7.74. The fraction of sp³-hybridized carbons (Fsp3) is 0.417. The maximum atomic E-state index is 12.4. The molecule has 12 nitrogen and oxygen atoms in total. The molecule has 0 radical (unpaired) electrons. The Bertz CT molecular complexity index is 2230. The first kappa shape index (κ1) is 50.5. The average molecular weight is 923 g/mol. The van der Waals surface area contributed by atoms with E-state index in [-0.39, 0.29) is 60.1 Å². The lowest BCUT2D eigenvalue weighted by molar-refractivity contribution is -0.154. The van der Waals surface area contributed by atoms with E-state index in [1.807, 2.05) is 38.1 Å². The van der Waals surface area contributed by atoms with Gasteiger partial charge in [-0.3, -0.25) is 9.59 Å². The van der Waals surface area contributed by atoms with Gasteiger partial charge in [0, 0.05) is 52.1 Å². The van der Waals surface area contributed by atoms with Crippen molar-refractivity contribution < 1.29 is 54.9 Å². The van der Waals surface area contributed by atoms with Crippen LogP contribution in [-0.2, 0) is 35.3 Å². The normalized spacial score (nSPS) is 13.9. The summed E-state index contributed by atoms with van der Waals surface area (Å²) in [5.41, 5.74) is 6.45. The molecule has 2 heterocycles. The van der Waals surface area contributed by atoms with E-state index in [0.717, 1.165) is 35.1 Å². The Labute approximate surface area is 380 Å². The Balaban J connectivity index is 0.000000247. The summed E-state index contributed by atoms with van der Waals surface area (Å²) in [6.07, 6.45) is -6.04. The van der Waals surface area contributed by atoms with Crippen LogP contribution in [0.25, 0.3) is 0 Å². The predicted molar refractivity (Wildman–Crippen MR) is 235 cm³/mol. The van der Waals surface area contributed by atoms with Crippen molar-refractivity contribution in [2.75, 3.05) is 62.4 Å². The quantitative estimate of drug-likeness (QED) is 0.0743. The van der Waals surface area contributed by atoms with Crippen LogP contribution in [-0.4, -0.2) is 88.9 Å². The Morgan fingerprint density at radius 1 is 0.621 bits per heavy atom. The van der Waals surface area contributed by atoms with Crippen molar-refractivity contribution in [2.45, 2.75) is 77.8 Å². The number of ether oxygens (including phenoxy) is 4. The molecule has 0 bridgehead atoms. The van der Waals surface area contributed by atoms with E-state index in [0.29, 0.717) is 61.5 Å². The summed E-state index contributed by atoms with van der Waals surface area (Å²) in [5, 5.41) is 25.7. The highest BCUT2D eigenvalue weighted by Crippen LogP contribution is 2.35. The van der Waals surface area contributed by atoms with Gasteiger partial charge >= 0.3 is 12.4 Å². The second-order valence-corrected chi connectivity index (χ2v) is 15.9. The first-order valence-electron chi connectivity index (χ1n) is 21.3. The maximum absolute atomic E-state index is 12.4. The van der Waals surface area contributed by atoms with Crippen LogP contribution in [0, 0.1) is 22.7 Å². The van der Waals surface area contributed by atoms with Gasteiger partial charge in [-0.2, -0.15) is 36.9 Å². The van der Waals surface area contributed by atoms with Gasteiger partial charge in [0.1, 0.15) is 25.4 Å². The number of carbonyl (C=O) groups is 2. The third kappa shape index (κ3) is 14.8. The highest BCUT2D eigenvalue weighted by molar-refractivity contribution is 5.96. The van der Waals surface area contributed by atoms with Crippen LogP contribution in [0.3, 0.4) is 0 Å². The number of para-hydroxylation sites is 4. The molecule has 0 fully saturated rings. The standard InChI is InChI=1S/2C24H26F3N3O3/c2*1-16(11-18-12-19-7-9-30(17(2)31)23(19)20(13-18)14-28)29-8-10-32-21-5-3-4-6-22(21)33-15-24(25,26)27/h2*3-6,12-13,16,29H,7-11,15H2,1-2H3. The molecule has 0 saturated carbocycles. The van der Waals surface area contributed by atoms with Gasteiger partial charge in [-0.05, 0) is 98.2 Å². The number of nitrogens with one attached hydrogen (secondary N) is 2. The summed E-state index contributed by atoms with van der Waals surface area (Å²) in [4.78, 5) is 26.9. The number of hydrogen-bond acceptors (Lipinski definition) is 10. The van der Waals surface area contributed by atoms with Gasteiger partial charge in [-0.25, -0.2) is 0 Å². The number of rotatable bonds is 18. The van der Waals surface area contributed by atoms with Crippen LogP contribution >= 0.6 is 0 Å². The molecule has 0 aliphatic carbocycles. The molecule has 4 aromatic carbocycles. The highest BCUT2D eigenvalue weighted by Gasteiger charge is 2.31. The second kappa shape index (κ2) is 23.1. The van der Waals surface area contributed by atoms with Gasteiger partial charge in [0.05, 0.1) is 22.5 Å². The number of nitriles is 2. The van der Waals surface area contributed by atoms with Gasteiger partial charge in [-0.1, -0.05) is 36.4 Å². The van der Waals surface area contributed by atoms with Crippen molar-refractivity contribution in [3.63, 3.8) is 0 Å². The number of carbonyl (C=O) groups excluding carboxylic acids is 2. The lowest BCUT2D eigenvalue weighted by Crippen LogP contribution is -2.32. The summed E-state index contributed by atoms with van der Waals surface area (Å²) in [6, 6.07) is 24.8. The molecule has 352 valence electrons. The number of amides is 2. The van der Waals surface area contributed by atoms with Crippen molar-refractivity contribution in [1.29, 1.82) is 10.5 Å². The van der Waals surface area contributed by atoms with E-state index in [2.05, 4.69) is 22.8 Å². The number of anilines is 2. The van der Waals surface area contributed by atoms with Crippen molar-refractivity contribution in [1.82, 2.24) is 10.6 Å². The predicted octanol–water partition coefficient (Wildman–Crippen LogP) is 8.02. The molecule has 4 aromatic rings. The molecule has 2 N–H and O–H groups in total. The first-order chi connectivity index (χ1) is 31.3. The van der Waals surface area contributed by atoms with Gasteiger partial charge < -0.3 is 39.4 Å². The highest BCUT2D eigenvalue weighted by atomic mass is 19.4. The van der Waals surface area contributed by atoms with E-state index >= 15 is 0 Å². The largest absolute Gasteiger partial charge is 0.488 e. The first-order valence-corrected chi connectivity index (χ1v) is 21.3. The van der Waals surface area contributed by atoms with E-state index in [1.165, 1.54) is 26.0 Å². The van der Waals surface area contributed by atoms with Crippen LogP contribution in [0.1, 0.15) is 61.1 Å². The van der Waals surface area contributed by atoms with Crippen LogP contribution < -0.4 is 39.4 Å². The fourth-order valence-electron chi connectivity index (χ4n) is 7.74. The molecule has 2 aliphatic heterocycles. The van der Waals surface area contributed by atoms with Gasteiger partial charge in [0.2, 0.25) is 11.8 Å². The molecule has 6 rings (SSSR count). The van der Waals surface area contributed by atoms with Gasteiger partial charge in [0.15, 0.2) is 36.2 Å². The number of hydrogen-bond donors (Lipinski definition) is 2. The zero-order valence-electron chi connectivity index (χ0n) is 37.1. The number of alkyl halides is 6. The van der Waals surface area contributed by atoms with E-state index in [9.17, 15) is 46.5 Å². The number of nitrogens with zero attached hydrogens (tertiary/aromatic N) is 4. The summed E-state index contributed by atoms with van der Waals surface area (Å²) in [5.74, 6) is 0.457. The van der Waals surface area contributed by atoms with Crippen LogP contribution in [0.15, 0.2) is 72.8 Å². The Kier molecular flexibility index (Phi) is 17.7. The van der Waals surface area contributed by atoms with E-state index in [1.54, 1.807) is 46.2 Å². The topological polar surface area (TPSA) is 149 Å². The SMILES string of the molecule is CC(=O)N1CCc2cc(CC(C)NCCOc3ccccc3OCC(F)(F)F)cc(C#N)c21.CC(=O)N1CCc2cc(CC(C)NCCOc3ccccc3OCC(F)(F)F)cc(C#N)c21. The van der Waals surface area contributed by atoms with Crippen molar-refractivity contribution in [3.8, 4) is 35.1 Å². The maximum Gasteiger partial charge on any atom is 0.422 e. The minimum absolute atomic E-state index is 0.0460. The molecule has 2 unspecified atom stereocenters. The third-order valence-corrected chi connectivity index (χ3v) is 10.5. The molecule has 2 amide bonds. The number of halogens is 6. The molecule has 0 aromatic heterocycles. The summed E-state index contributed by atoms with van der Waals surface area (Å²) < 4.78 is 95.3. The molecule has 0 spiro atoms. The van der Waals surface area contributed by atoms with E-state index < -0.39 is 25.6 Å². The summed E-state index contributed by atoms with van der Waals surface area (Å²) in [7, 11) is 0. The molecule has 18 heteroatoms. The zero-order valence-corrected chi connectivity index (χ0v) is 37.1. The monoisotopic (exact) mass is 922 g/mol. The van der Waals surface area contributed by atoms with Crippen molar-refractivity contribution in [3.05, 3.63) is 106 Å². The van der Waals surface area contributed by atoms with Gasteiger partial charge in [-0.15, -0.1) is 0 Å². The van der Waals surface area contributed by atoms with Gasteiger partial charge in [0.25, 0.3) is 0 Å². The number of fused-ring (bicyclic) bond motifs is 2. The molecular formula is C48H52F6N6O6. The molecule has 66 heavy (non-hydrogen) atoms. The Morgan fingerprint density at radius 2 is 0.970 bits per heavy atom. The Morgan fingerprint density at radius 3 is 1.29 bits per heavy atom. The number of benzene rings is 4. The molecule has 2 aliphatic rings. The smallest absolute Gasteiger partial charge is 0.422 e. The molecular weight excluding hydrogens is 871 g/mol. The zero-order chi connectivity index (χ0) is 48.0.